The van der Waals surface area contributed by atoms with Crippen molar-refractivity contribution in [2.45, 2.75) is 25.8 Å². The monoisotopic (exact) mass is 114 g/mol. The fourth-order valence-electron chi connectivity index (χ4n) is 0.686. The Morgan fingerprint density at radius 3 is 2.88 bits per heavy atom. The Labute approximate surface area is 48.4 Å². The largest absolute Gasteiger partial charge is 0.291 e. The standard InChI is InChI=1S/C5H10N2O/c1-4-2-3-5(8)7-6-4/h4,6H,2-3H2,1H3,(H,7,8). The van der Waals surface area contributed by atoms with E-state index >= 15 is 0 Å². The van der Waals surface area contributed by atoms with Gasteiger partial charge in [0, 0.05) is 12.5 Å². The first-order valence-corrected chi connectivity index (χ1v) is 2.83. The van der Waals surface area contributed by atoms with Gasteiger partial charge in [-0.05, 0) is 13.3 Å². The van der Waals surface area contributed by atoms with Crippen molar-refractivity contribution in [3.63, 3.8) is 0 Å². The molecule has 1 aliphatic heterocycles. The Hall–Kier alpha value is -0.570. The maximum atomic E-state index is 10.4. The number of carbonyl (C=O) groups is 1. The van der Waals surface area contributed by atoms with E-state index in [0.717, 1.165) is 6.42 Å². The van der Waals surface area contributed by atoms with Crippen LogP contribution in [0.1, 0.15) is 19.8 Å². The minimum Gasteiger partial charge on any atom is -0.291 e. The molecule has 0 aromatic heterocycles. The summed E-state index contributed by atoms with van der Waals surface area (Å²) in [5.41, 5.74) is 5.38. The lowest BCUT2D eigenvalue weighted by molar-refractivity contribution is -0.124. The van der Waals surface area contributed by atoms with E-state index in [1.807, 2.05) is 6.92 Å². The minimum atomic E-state index is 0.100. The molecule has 0 radical (unpaired) electrons. The molecule has 3 heteroatoms. The van der Waals surface area contributed by atoms with E-state index in [-0.39, 0.29) is 5.91 Å². The van der Waals surface area contributed by atoms with E-state index in [1.54, 1.807) is 0 Å². The maximum absolute atomic E-state index is 10.4. The second kappa shape index (κ2) is 2.13. The number of hydrogen-bond donors (Lipinski definition) is 2. The number of amides is 1. The van der Waals surface area contributed by atoms with Gasteiger partial charge in [-0.15, -0.1) is 0 Å². The van der Waals surface area contributed by atoms with Crippen molar-refractivity contribution in [3.8, 4) is 0 Å². The molecule has 1 heterocycles. The molecule has 2 N–H and O–H groups in total. The molecule has 8 heavy (non-hydrogen) atoms. The lowest BCUT2D eigenvalue weighted by atomic mass is 10.1. The Morgan fingerprint density at radius 2 is 2.50 bits per heavy atom. The van der Waals surface area contributed by atoms with Gasteiger partial charge in [0.15, 0.2) is 0 Å². The van der Waals surface area contributed by atoms with E-state index < -0.39 is 0 Å². The van der Waals surface area contributed by atoms with Gasteiger partial charge in [-0.3, -0.25) is 10.2 Å². The van der Waals surface area contributed by atoms with Gasteiger partial charge >= 0.3 is 0 Å². The number of nitrogens with one attached hydrogen (secondary N) is 2. The Morgan fingerprint density at radius 1 is 1.75 bits per heavy atom. The zero-order valence-corrected chi connectivity index (χ0v) is 4.90. The first kappa shape index (κ1) is 5.56. The molecule has 1 atom stereocenters. The van der Waals surface area contributed by atoms with Crippen LogP contribution in [0.25, 0.3) is 0 Å². The molecule has 1 aliphatic rings. The molecule has 0 aromatic carbocycles. The van der Waals surface area contributed by atoms with Crippen molar-refractivity contribution < 1.29 is 4.79 Å². The van der Waals surface area contributed by atoms with E-state index in [2.05, 4.69) is 10.9 Å². The topological polar surface area (TPSA) is 41.1 Å². The van der Waals surface area contributed by atoms with Crippen molar-refractivity contribution in [2.24, 2.45) is 0 Å². The molecule has 0 aromatic rings. The number of hydrazine groups is 1. The third kappa shape index (κ3) is 1.20. The van der Waals surface area contributed by atoms with Crippen LogP contribution in [0.5, 0.6) is 0 Å². The van der Waals surface area contributed by atoms with Crippen molar-refractivity contribution in [1.82, 2.24) is 10.9 Å². The van der Waals surface area contributed by atoms with Crippen LogP contribution >= 0.6 is 0 Å². The maximum Gasteiger partial charge on any atom is 0.234 e. The number of carbonyl (C=O) groups excluding carboxylic acids is 1. The van der Waals surface area contributed by atoms with E-state index in [0.29, 0.717) is 12.5 Å². The molecule has 0 saturated carbocycles. The SMILES string of the molecule is CC1CCC(=O)NN1. The van der Waals surface area contributed by atoms with Crippen molar-refractivity contribution >= 4 is 5.91 Å². The van der Waals surface area contributed by atoms with E-state index in [4.69, 9.17) is 0 Å². The Kier molecular flexibility index (Phi) is 1.48. The summed E-state index contributed by atoms with van der Waals surface area (Å²) in [5.74, 6) is 0.100. The summed E-state index contributed by atoms with van der Waals surface area (Å²) < 4.78 is 0. The predicted molar refractivity (Wildman–Crippen MR) is 30.0 cm³/mol. The molecule has 1 saturated heterocycles. The second-order valence-electron chi connectivity index (χ2n) is 2.13. The first-order chi connectivity index (χ1) is 3.79. The molecule has 1 unspecified atom stereocenters. The molecular formula is C5H10N2O. The number of hydrogen-bond acceptors (Lipinski definition) is 2. The second-order valence-corrected chi connectivity index (χ2v) is 2.13. The first-order valence-electron chi connectivity index (χ1n) is 2.83. The van der Waals surface area contributed by atoms with Gasteiger partial charge in [0.1, 0.15) is 0 Å². The highest BCUT2D eigenvalue weighted by atomic mass is 16.2. The summed E-state index contributed by atoms with van der Waals surface area (Å²) in [4.78, 5) is 10.4. The zero-order chi connectivity index (χ0) is 5.98. The molecule has 0 spiro atoms. The lowest BCUT2D eigenvalue weighted by Crippen LogP contribution is -2.47. The van der Waals surface area contributed by atoms with Crippen molar-refractivity contribution in [3.05, 3.63) is 0 Å². The summed E-state index contributed by atoms with van der Waals surface area (Å²) in [6, 6.07) is 0.438. The van der Waals surface area contributed by atoms with Crippen LogP contribution in [0.3, 0.4) is 0 Å². The molecule has 46 valence electrons. The van der Waals surface area contributed by atoms with Crippen LogP contribution in [0.4, 0.5) is 0 Å². The Balaban J connectivity index is 2.29. The third-order valence-electron chi connectivity index (χ3n) is 1.26. The average molecular weight is 114 g/mol. The van der Waals surface area contributed by atoms with Crippen LogP contribution in [-0.4, -0.2) is 11.9 Å². The molecule has 1 fully saturated rings. The fraction of sp³-hybridized carbons (Fsp3) is 0.800. The molecule has 3 nitrogen and oxygen atoms in total. The van der Waals surface area contributed by atoms with Crippen LogP contribution < -0.4 is 10.9 Å². The fourth-order valence-corrected chi connectivity index (χ4v) is 0.686. The van der Waals surface area contributed by atoms with E-state index in [9.17, 15) is 4.79 Å². The lowest BCUT2D eigenvalue weighted by Gasteiger charge is -2.19. The average Bonchev–Trinajstić information content (AvgIpc) is 1.77. The smallest absolute Gasteiger partial charge is 0.234 e. The summed E-state index contributed by atoms with van der Waals surface area (Å²) >= 11 is 0. The van der Waals surface area contributed by atoms with Crippen molar-refractivity contribution in [2.75, 3.05) is 0 Å². The van der Waals surface area contributed by atoms with Crippen LogP contribution in [0.15, 0.2) is 0 Å². The molecular weight excluding hydrogens is 104 g/mol. The van der Waals surface area contributed by atoms with Gasteiger partial charge in [0.2, 0.25) is 5.91 Å². The molecule has 1 amide bonds. The molecule has 0 aliphatic carbocycles. The van der Waals surface area contributed by atoms with Gasteiger partial charge < -0.3 is 0 Å². The molecule has 1 rings (SSSR count). The van der Waals surface area contributed by atoms with Gasteiger partial charge in [-0.1, -0.05) is 0 Å². The predicted octanol–water partition coefficient (Wildman–Crippen LogP) is -0.211. The highest BCUT2D eigenvalue weighted by Gasteiger charge is 2.11. The Bertz CT molecular complexity index is 92.6. The summed E-state index contributed by atoms with van der Waals surface area (Å²) in [6.45, 7) is 2.04. The van der Waals surface area contributed by atoms with Gasteiger partial charge in [-0.2, -0.15) is 0 Å². The van der Waals surface area contributed by atoms with Crippen LogP contribution in [0.2, 0.25) is 0 Å². The third-order valence-corrected chi connectivity index (χ3v) is 1.26. The van der Waals surface area contributed by atoms with Crippen LogP contribution in [-0.2, 0) is 4.79 Å². The summed E-state index contributed by atoms with van der Waals surface area (Å²) in [6.07, 6.45) is 1.61. The molecule has 0 bridgehead atoms. The van der Waals surface area contributed by atoms with Gasteiger partial charge in [0.05, 0.1) is 0 Å². The summed E-state index contributed by atoms with van der Waals surface area (Å²) in [7, 11) is 0. The van der Waals surface area contributed by atoms with Crippen LogP contribution in [0, 0.1) is 0 Å². The zero-order valence-electron chi connectivity index (χ0n) is 4.90. The number of rotatable bonds is 0. The highest BCUT2D eigenvalue weighted by molar-refractivity contribution is 5.76. The van der Waals surface area contributed by atoms with Crippen molar-refractivity contribution in [1.29, 1.82) is 0 Å². The normalized spacial score (nSPS) is 29.6. The van der Waals surface area contributed by atoms with Gasteiger partial charge in [0.25, 0.3) is 0 Å². The quantitative estimate of drug-likeness (QED) is 0.457. The van der Waals surface area contributed by atoms with E-state index in [1.165, 1.54) is 0 Å². The summed E-state index contributed by atoms with van der Waals surface area (Å²) in [5, 5.41) is 0. The van der Waals surface area contributed by atoms with Gasteiger partial charge in [-0.25, -0.2) is 5.43 Å². The highest BCUT2D eigenvalue weighted by Crippen LogP contribution is 1.98. The minimum absolute atomic E-state index is 0.100.